The molecule has 0 aliphatic carbocycles. The van der Waals surface area contributed by atoms with Gasteiger partial charge < -0.3 is 44.8 Å². The van der Waals surface area contributed by atoms with Crippen LogP contribution in [0.4, 0.5) is 5.82 Å². The van der Waals surface area contributed by atoms with Crippen LogP contribution in [-0.2, 0) is 38.8 Å². The monoisotopic (exact) mass is 513 g/mol. The van der Waals surface area contributed by atoms with Crippen molar-refractivity contribution in [1.29, 1.82) is 0 Å². The van der Waals surface area contributed by atoms with Crippen LogP contribution in [0.3, 0.4) is 0 Å². The molecule has 2 unspecified atom stereocenters. The molecule has 8 N–H and O–H groups in total. The molecule has 1 aromatic heterocycles. The molecule has 0 saturated carbocycles. The summed E-state index contributed by atoms with van der Waals surface area (Å²) in [5, 5.41) is 20.3. The molecule has 0 amide bonds. The number of aliphatic hydroxyl groups excluding tert-OH is 2. The summed E-state index contributed by atoms with van der Waals surface area (Å²) in [5.74, 6) is -0.0479. The Morgan fingerprint density at radius 2 is 1.83 bits per heavy atom. The smallest absolute Gasteiger partial charge is 0.387 e. The molecule has 30 heavy (non-hydrogen) atoms. The Bertz CT molecular complexity index is 997. The van der Waals surface area contributed by atoms with E-state index in [4.69, 9.17) is 24.8 Å². The van der Waals surface area contributed by atoms with Crippen LogP contribution in [0.1, 0.15) is 11.8 Å². The molecule has 172 valence electrons. The molecule has 1 saturated heterocycles. The first kappa shape index (κ1) is 25.6. The summed E-state index contributed by atoms with van der Waals surface area (Å²) in [6, 6.07) is 0. The predicted molar refractivity (Wildman–Crippen MR) is 100 cm³/mol. The maximum absolute atomic E-state index is 12.0. The van der Waals surface area contributed by atoms with Gasteiger partial charge in [0, 0.05) is 11.8 Å². The molecule has 0 spiro atoms. The van der Waals surface area contributed by atoms with E-state index in [1.54, 1.807) is 0 Å². The number of nitrogens with zero attached hydrogens (tertiary/aromatic N) is 2. The van der Waals surface area contributed by atoms with Crippen molar-refractivity contribution in [1.82, 2.24) is 9.55 Å². The highest BCUT2D eigenvalue weighted by atomic mass is 32.5. The van der Waals surface area contributed by atoms with E-state index >= 15 is 0 Å². The van der Waals surface area contributed by atoms with E-state index < -0.39 is 59.2 Å². The standard InChI is InChI=1S/C10H18N3O13P3S/c1-4-2-13(10(16)12-8(4)11)9-7(15)6(14)5(24-9)3-23-29(22,30)26-28(20,21)25-27(17,18)19/h2,5-7,9,14-15H,3H2,1H3,(H,20,21)(H,22,30)(H2,11,12,16)(H2,17,18,19)/t5-,6-,7-,9-,29?/m1/s1. The Kier molecular flexibility index (Phi) is 7.78. The number of nitrogen functional groups attached to an aromatic ring is 1. The molecule has 16 nitrogen and oxygen atoms in total. The second kappa shape index (κ2) is 9.10. The third kappa shape index (κ3) is 6.69. The van der Waals surface area contributed by atoms with Crippen LogP contribution in [0.25, 0.3) is 0 Å². The van der Waals surface area contributed by atoms with Gasteiger partial charge in [-0.05, 0) is 18.7 Å². The first-order chi connectivity index (χ1) is 13.5. The van der Waals surface area contributed by atoms with Gasteiger partial charge in [0.1, 0.15) is 24.1 Å². The van der Waals surface area contributed by atoms with Crippen LogP contribution in [-0.4, -0.2) is 64.3 Å². The lowest BCUT2D eigenvalue weighted by molar-refractivity contribution is -0.0526. The van der Waals surface area contributed by atoms with E-state index in [9.17, 15) is 33.9 Å². The fourth-order valence-corrected chi connectivity index (χ4v) is 6.30. The molecule has 6 atom stereocenters. The zero-order chi connectivity index (χ0) is 23.1. The van der Waals surface area contributed by atoms with Crippen molar-refractivity contribution in [2.75, 3.05) is 12.3 Å². The molecule has 0 aromatic carbocycles. The number of ether oxygens (including phenoxy) is 1. The number of rotatable bonds is 8. The van der Waals surface area contributed by atoms with Crippen molar-refractivity contribution in [2.45, 2.75) is 31.5 Å². The van der Waals surface area contributed by atoms with Gasteiger partial charge in [0.2, 0.25) is 0 Å². The summed E-state index contributed by atoms with van der Waals surface area (Å²) in [6.45, 7) is -3.91. The third-order valence-electron chi connectivity index (χ3n) is 3.60. The first-order valence-corrected chi connectivity index (χ1v) is 13.3. The number of anilines is 1. The highest BCUT2D eigenvalue weighted by Crippen LogP contribution is 2.66. The number of aliphatic hydroxyl groups is 2. The molecule has 2 heterocycles. The van der Waals surface area contributed by atoms with Crippen LogP contribution in [0.2, 0.25) is 0 Å². The molecule has 1 aromatic rings. The van der Waals surface area contributed by atoms with E-state index in [0.717, 1.165) is 4.57 Å². The zero-order valence-electron chi connectivity index (χ0n) is 14.9. The number of hydrogen-bond acceptors (Lipinski definition) is 12. The Balaban J connectivity index is 2.09. The van der Waals surface area contributed by atoms with Gasteiger partial charge in [0.15, 0.2) is 6.23 Å². The molecular formula is C10H18N3O13P3S. The van der Waals surface area contributed by atoms with E-state index in [0.29, 0.717) is 5.56 Å². The maximum atomic E-state index is 12.0. The molecule has 1 fully saturated rings. The fraction of sp³-hybridized carbons (Fsp3) is 0.600. The zero-order valence-corrected chi connectivity index (χ0v) is 18.4. The minimum absolute atomic E-state index is 0.0479. The minimum atomic E-state index is -5.51. The lowest BCUT2D eigenvalue weighted by Crippen LogP contribution is -2.36. The van der Waals surface area contributed by atoms with Crippen LogP contribution < -0.4 is 11.4 Å². The van der Waals surface area contributed by atoms with Crippen LogP contribution >= 0.6 is 22.4 Å². The van der Waals surface area contributed by atoms with Gasteiger partial charge in [0.05, 0.1) is 6.61 Å². The van der Waals surface area contributed by atoms with Crippen molar-refractivity contribution >= 4 is 40.0 Å². The largest absolute Gasteiger partial charge is 0.488 e. The van der Waals surface area contributed by atoms with Crippen molar-refractivity contribution in [3.8, 4) is 0 Å². The number of phosphoric acid groups is 2. The maximum Gasteiger partial charge on any atom is 0.488 e. The third-order valence-corrected chi connectivity index (χ3v) is 8.32. The summed E-state index contributed by atoms with van der Waals surface area (Å²) in [6.07, 6.45) is -4.92. The molecule has 0 radical (unpaired) electrons. The summed E-state index contributed by atoms with van der Waals surface area (Å²) in [4.78, 5) is 51.6. The van der Waals surface area contributed by atoms with E-state index in [2.05, 4.69) is 25.4 Å². The lowest BCUT2D eigenvalue weighted by atomic mass is 10.1. The molecule has 20 heteroatoms. The number of nitrogens with two attached hydrogens (primary N) is 1. The van der Waals surface area contributed by atoms with E-state index in [-0.39, 0.29) is 5.82 Å². The molecular weight excluding hydrogens is 495 g/mol. The van der Waals surface area contributed by atoms with Gasteiger partial charge in [-0.3, -0.25) is 4.57 Å². The van der Waals surface area contributed by atoms with E-state index in [1.165, 1.54) is 13.1 Å². The van der Waals surface area contributed by atoms with Gasteiger partial charge in [-0.25, -0.2) is 18.2 Å². The van der Waals surface area contributed by atoms with Crippen molar-refractivity contribution in [3.05, 3.63) is 22.2 Å². The summed E-state index contributed by atoms with van der Waals surface area (Å²) < 4.78 is 40.5. The van der Waals surface area contributed by atoms with Crippen LogP contribution in [0.15, 0.2) is 11.0 Å². The molecule has 1 aliphatic heterocycles. The normalized spacial score (nSPS) is 28.8. The van der Waals surface area contributed by atoms with Crippen molar-refractivity contribution < 1.29 is 56.8 Å². The van der Waals surface area contributed by atoms with E-state index in [1.807, 2.05) is 0 Å². The van der Waals surface area contributed by atoms with Gasteiger partial charge in [-0.1, -0.05) is 0 Å². The summed E-state index contributed by atoms with van der Waals surface area (Å²) in [5.41, 5.74) is 5.00. The van der Waals surface area contributed by atoms with Crippen molar-refractivity contribution in [3.63, 3.8) is 0 Å². The fourth-order valence-electron chi connectivity index (χ4n) is 2.33. The Morgan fingerprint density at radius 1 is 1.23 bits per heavy atom. The molecule has 1 aliphatic rings. The topological polar surface area (TPSA) is 253 Å². The van der Waals surface area contributed by atoms with Gasteiger partial charge in [0.25, 0.3) is 0 Å². The number of aryl methyl sites for hydroxylation is 1. The average Bonchev–Trinajstić information content (AvgIpc) is 2.81. The van der Waals surface area contributed by atoms with Gasteiger partial charge in [-0.15, -0.1) is 0 Å². The Hall–Kier alpha value is -0.610. The van der Waals surface area contributed by atoms with Crippen LogP contribution in [0, 0.1) is 6.92 Å². The second-order valence-electron chi connectivity index (χ2n) is 5.93. The lowest BCUT2D eigenvalue weighted by Gasteiger charge is -2.21. The number of hydrogen-bond donors (Lipinski definition) is 7. The number of aromatic nitrogens is 2. The van der Waals surface area contributed by atoms with Crippen molar-refractivity contribution in [2.24, 2.45) is 0 Å². The first-order valence-electron chi connectivity index (χ1n) is 7.66. The summed E-state index contributed by atoms with van der Waals surface area (Å²) >= 11 is 4.44. The predicted octanol–water partition coefficient (Wildman–Crippen LogP) is -1.79. The highest BCUT2D eigenvalue weighted by molar-refractivity contribution is 8.08. The molecule has 0 bridgehead atoms. The van der Waals surface area contributed by atoms with Gasteiger partial charge >= 0.3 is 28.1 Å². The SMILES string of the molecule is Cc1cn([C@@H]2O[C@H](COP(O)(=S)OP(=O)(O)OP(=O)(O)O)[C@@H](O)[C@H]2O)c(=O)nc1N. The van der Waals surface area contributed by atoms with Gasteiger partial charge in [-0.2, -0.15) is 9.29 Å². The quantitative estimate of drug-likeness (QED) is 0.190. The highest BCUT2D eigenvalue weighted by Gasteiger charge is 2.46. The summed E-state index contributed by atoms with van der Waals surface area (Å²) in [7, 11) is -11.0. The Labute approximate surface area is 172 Å². The Morgan fingerprint density at radius 3 is 2.40 bits per heavy atom. The average molecular weight is 513 g/mol. The van der Waals surface area contributed by atoms with Crippen LogP contribution in [0.5, 0.6) is 0 Å². The second-order valence-corrected chi connectivity index (χ2v) is 11.7. The minimum Gasteiger partial charge on any atom is -0.387 e. The molecule has 2 rings (SSSR count).